The Morgan fingerprint density at radius 2 is 0.625 bits per heavy atom. The van der Waals surface area contributed by atoms with Gasteiger partial charge in [0.05, 0.1) is 11.1 Å². The van der Waals surface area contributed by atoms with Crippen molar-refractivity contribution in [3.63, 3.8) is 0 Å². The monoisotopic (exact) mass is 711 g/mol. The maximum Gasteiger partial charge on any atom is 0.0726 e. The van der Waals surface area contributed by atoms with Gasteiger partial charge in [-0.15, -0.1) is 0 Å². The van der Waals surface area contributed by atoms with E-state index in [1.54, 1.807) is 0 Å². The Morgan fingerprint density at radius 3 is 1.18 bits per heavy atom. The van der Waals surface area contributed by atoms with Crippen LogP contribution >= 0.6 is 0 Å². The van der Waals surface area contributed by atoms with Gasteiger partial charge in [-0.25, -0.2) is 0 Å². The maximum atomic E-state index is 2.46. The Morgan fingerprint density at radius 1 is 0.250 bits per heavy atom. The van der Waals surface area contributed by atoms with Crippen molar-refractivity contribution in [2.45, 2.75) is 5.41 Å². The van der Waals surface area contributed by atoms with Crippen LogP contribution in [0.1, 0.15) is 22.3 Å². The van der Waals surface area contributed by atoms with Gasteiger partial charge in [0.1, 0.15) is 0 Å². The quantitative estimate of drug-likeness (QED) is 0.166. The molecule has 9 aromatic carbocycles. The summed E-state index contributed by atoms with van der Waals surface area (Å²) >= 11 is 0. The normalized spacial score (nSPS) is 12.8. The summed E-state index contributed by atoms with van der Waals surface area (Å²) in [6, 6.07) is 82.3. The minimum Gasteiger partial charge on any atom is -0.310 e. The third-order valence-corrected chi connectivity index (χ3v) is 11.9. The number of rotatable bonds is 6. The van der Waals surface area contributed by atoms with Crippen molar-refractivity contribution >= 4 is 17.1 Å². The number of fused-ring (bicyclic) bond motifs is 10. The molecule has 2 aliphatic rings. The molecule has 9 aromatic rings. The molecular formula is C55H37N. The summed E-state index contributed by atoms with van der Waals surface area (Å²) < 4.78 is 0. The first-order valence-electron chi connectivity index (χ1n) is 19.4. The highest BCUT2D eigenvalue weighted by Crippen LogP contribution is 2.64. The van der Waals surface area contributed by atoms with Crippen LogP contribution in [0.4, 0.5) is 17.1 Å². The van der Waals surface area contributed by atoms with Crippen LogP contribution in [0.15, 0.2) is 224 Å². The topological polar surface area (TPSA) is 3.24 Å². The molecule has 0 saturated carbocycles. The third kappa shape index (κ3) is 4.81. The minimum atomic E-state index is -0.414. The Kier molecular flexibility index (Phi) is 7.47. The molecular weight excluding hydrogens is 675 g/mol. The first-order chi connectivity index (χ1) is 27.8. The second kappa shape index (κ2) is 13.0. The molecule has 1 nitrogen and oxygen atoms in total. The van der Waals surface area contributed by atoms with Crippen molar-refractivity contribution in [2.75, 3.05) is 4.90 Å². The van der Waals surface area contributed by atoms with Gasteiger partial charge >= 0.3 is 0 Å². The van der Waals surface area contributed by atoms with Crippen molar-refractivity contribution in [1.29, 1.82) is 0 Å². The van der Waals surface area contributed by atoms with E-state index in [9.17, 15) is 0 Å². The largest absolute Gasteiger partial charge is 0.310 e. The fourth-order valence-corrected chi connectivity index (χ4v) is 9.57. The van der Waals surface area contributed by atoms with E-state index in [1.807, 2.05) is 0 Å². The van der Waals surface area contributed by atoms with E-state index in [2.05, 4.69) is 229 Å². The molecule has 0 radical (unpaired) electrons. The summed E-state index contributed by atoms with van der Waals surface area (Å²) in [4.78, 5) is 2.46. The zero-order chi connectivity index (χ0) is 37.1. The molecule has 56 heavy (non-hydrogen) atoms. The molecule has 262 valence electrons. The lowest BCUT2D eigenvalue weighted by Gasteiger charge is -2.32. The molecule has 0 atom stereocenters. The predicted molar refractivity (Wildman–Crippen MR) is 234 cm³/mol. The van der Waals surface area contributed by atoms with Crippen LogP contribution < -0.4 is 4.90 Å². The van der Waals surface area contributed by atoms with Crippen molar-refractivity contribution in [3.8, 4) is 55.6 Å². The lowest BCUT2D eigenvalue weighted by molar-refractivity contribution is 0.794. The highest BCUT2D eigenvalue weighted by atomic mass is 15.1. The van der Waals surface area contributed by atoms with E-state index in [1.165, 1.54) is 83.6 Å². The van der Waals surface area contributed by atoms with Gasteiger partial charge in [0, 0.05) is 16.9 Å². The molecule has 0 aromatic heterocycles. The van der Waals surface area contributed by atoms with E-state index in [0.717, 1.165) is 11.4 Å². The predicted octanol–water partition coefficient (Wildman–Crippen LogP) is 14.5. The second-order valence-corrected chi connectivity index (χ2v) is 14.8. The van der Waals surface area contributed by atoms with E-state index in [-0.39, 0.29) is 0 Å². The summed E-state index contributed by atoms with van der Waals surface area (Å²) in [5, 5.41) is 0. The van der Waals surface area contributed by atoms with Gasteiger partial charge in [-0.3, -0.25) is 0 Å². The molecule has 0 unspecified atom stereocenters. The molecule has 1 heteroatoms. The molecule has 0 N–H and O–H groups in total. The third-order valence-electron chi connectivity index (χ3n) is 11.9. The Balaban J connectivity index is 1.13. The molecule has 0 amide bonds. The Labute approximate surface area is 328 Å². The van der Waals surface area contributed by atoms with Gasteiger partial charge in [-0.2, -0.15) is 0 Å². The average molecular weight is 712 g/mol. The standard InChI is InChI=1S/C55H37N/c1-3-16-38(17-4-1)39-30-34-42(35-31-39)56(43-36-32-41(33-37-43)45-21-8-7-20-44(45)40-18-5-2-6-19-40)53-29-15-28-52-54(53)48-24-11-14-27-51(48)55(52)49-25-12-9-22-46(49)47-23-10-13-26-50(47)55/h1-37H. The van der Waals surface area contributed by atoms with Crippen LogP contribution in [0.5, 0.6) is 0 Å². The number of nitrogens with zero attached hydrogens (tertiary/aromatic N) is 1. The fraction of sp³-hybridized carbons (Fsp3) is 0.0182. The second-order valence-electron chi connectivity index (χ2n) is 14.8. The van der Waals surface area contributed by atoms with Crippen molar-refractivity contribution in [3.05, 3.63) is 247 Å². The summed E-state index contributed by atoms with van der Waals surface area (Å²) in [6.45, 7) is 0. The summed E-state index contributed by atoms with van der Waals surface area (Å²) in [6.07, 6.45) is 0. The van der Waals surface area contributed by atoms with E-state index in [4.69, 9.17) is 0 Å². The van der Waals surface area contributed by atoms with Gasteiger partial charge in [0.2, 0.25) is 0 Å². The number of anilines is 3. The van der Waals surface area contributed by atoms with Gasteiger partial charge < -0.3 is 4.90 Å². The van der Waals surface area contributed by atoms with E-state index < -0.39 is 5.41 Å². The van der Waals surface area contributed by atoms with Crippen LogP contribution in [0.2, 0.25) is 0 Å². The minimum absolute atomic E-state index is 0.414. The first kappa shape index (κ1) is 32.2. The van der Waals surface area contributed by atoms with Crippen LogP contribution in [-0.2, 0) is 5.41 Å². The van der Waals surface area contributed by atoms with Crippen molar-refractivity contribution < 1.29 is 0 Å². The highest BCUT2D eigenvalue weighted by molar-refractivity contribution is 6.01. The molecule has 0 fully saturated rings. The average Bonchev–Trinajstić information content (AvgIpc) is 3.76. The first-order valence-corrected chi connectivity index (χ1v) is 19.4. The summed E-state index contributed by atoms with van der Waals surface area (Å²) in [5.74, 6) is 0. The molecule has 11 rings (SSSR count). The van der Waals surface area contributed by atoms with Gasteiger partial charge in [-0.05, 0) is 103 Å². The smallest absolute Gasteiger partial charge is 0.0726 e. The van der Waals surface area contributed by atoms with Crippen LogP contribution in [0.25, 0.3) is 55.6 Å². The number of hydrogen-bond acceptors (Lipinski definition) is 1. The van der Waals surface area contributed by atoms with Gasteiger partial charge in [0.15, 0.2) is 0 Å². The van der Waals surface area contributed by atoms with E-state index >= 15 is 0 Å². The van der Waals surface area contributed by atoms with Crippen LogP contribution in [0, 0.1) is 0 Å². The number of hydrogen-bond donors (Lipinski definition) is 0. The lowest BCUT2D eigenvalue weighted by Crippen LogP contribution is -2.26. The van der Waals surface area contributed by atoms with Crippen LogP contribution in [0.3, 0.4) is 0 Å². The SMILES string of the molecule is c1ccc(-c2ccc(N(c3ccc(-c4ccccc4-c4ccccc4)cc3)c3cccc4c3-c3ccccc3C43c4ccccc4-c4ccccc43)cc2)cc1. The molecule has 0 heterocycles. The highest BCUT2D eigenvalue weighted by Gasteiger charge is 2.52. The zero-order valence-electron chi connectivity index (χ0n) is 30.8. The van der Waals surface area contributed by atoms with Crippen LogP contribution in [-0.4, -0.2) is 0 Å². The maximum absolute atomic E-state index is 2.46. The Bertz CT molecular complexity index is 2840. The van der Waals surface area contributed by atoms with E-state index in [0.29, 0.717) is 0 Å². The molecule has 2 aliphatic carbocycles. The Hall–Kier alpha value is -7.22. The van der Waals surface area contributed by atoms with Gasteiger partial charge in [-0.1, -0.05) is 194 Å². The van der Waals surface area contributed by atoms with Crippen molar-refractivity contribution in [2.24, 2.45) is 0 Å². The fourth-order valence-electron chi connectivity index (χ4n) is 9.57. The molecule has 0 saturated heterocycles. The molecule has 0 aliphatic heterocycles. The summed E-state index contributed by atoms with van der Waals surface area (Å²) in [5.41, 5.74) is 20.8. The molecule has 1 spiro atoms. The van der Waals surface area contributed by atoms with Gasteiger partial charge in [0.25, 0.3) is 0 Å². The number of benzene rings is 9. The van der Waals surface area contributed by atoms with Crippen molar-refractivity contribution in [1.82, 2.24) is 0 Å². The molecule has 0 bridgehead atoms. The lowest BCUT2D eigenvalue weighted by atomic mass is 9.70. The zero-order valence-corrected chi connectivity index (χ0v) is 30.8. The summed E-state index contributed by atoms with van der Waals surface area (Å²) in [7, 11) is 0.